The van der Waals surface area contributed by atoms with Crippen LogP contribution in [0.5, 0.6) is 0 Å². The lowest BCUT2D eigenvalue weighted by atomic mass is 10.2. The Balaban J connectivity index is 1.86. The van der Waals surface area contributed by atoms with Crippen molar-refractivity contribution in [1.82, 2.24) is 8.87 Å². The second-order valence-corrected chi connectivity index (χ2v) is 10.6. The van der Waals surface area contributed by atoms with E-state index in [4.69, 9.17) is 9.47 Å². The largest absolute Gasteiger partial charge is 0.383 e. The number of hydrogen-bond donors (Lipinski definition) is 1. The van der Waals surface area contributed by atoms with Gasteiger partial charge in [0.25, 0.3) is 5.91 Å². The number of sulfonamides is 1. The number of nitrogens with zero attached hydrogens (tertiary/aromatic N) is 3. The molecule has 0 aliphatic heterocycles. The predicted molar refractivity (Wildman–Crippen MR) is 134 cm³/mol. The third-order valence-electron chi connectivity index (χ3n) is 5.16. The van der Waals surface area contributed by atoms with Crippen LogP contribution in [0.15, 0.2) is 52.4 Å². The monoisotopic (exact) mass is 520 g/mol. The molecule has 0 radical (unpaired) electrons. The number of aromatic nitrogens is 1. The first-order valence-electron chi connectivity index (χ1n) is 10.7. The fourth-order valence-electron chi connectivity index (χ4n) is 3.33. The summed E-state index contributed by atoms with van der Waals surface area (Å²) in [7, 11) is 1.02. The molecule has 0 bridgehead atoms. The summed E-state index contributed by atoms with van der Waals surface area (Å²) in [5.41, 5.74) is 1.79. The molecule has 1 aromatic heterocycles. The number of thiazole rings is 1. The van der Waals surface area contributed by atoms with Crippen molar-refractivity contribution in [2.24, 2.45) is 12.0 Å². The molecule has 1 N–H and O–H groups in total. The zero-order valence-electron chi connectivity index (χ0n) is 20.0. The Bertz CT molecular complexity index is 1370. The van der Waals surface area contributed by atoms with Gasteiger partial charge in [-0.25, -0.2) is 8.42 Å². The standard InChI is InChI=1S/C23H28N4O6S2/c1-16(28)24-18-7-10-20-21(15-18)34-23(26(20)2)25-22(29)17-5-8-19(9-6-17)35(30,31)27(11-13-32-3)12-14-33-4/h5-10,15H,11-14H2,1-4H3,(H,24,28). The van der Waals surface area contributed by atoms with Gasteiger partial charge in [0, 0.05) is 52.5 Å². The Morgan fingerprint density at radius 1 is 1.06 bits per heavy atom. The highest BCUT2D eigenvalue weighted by Gasteiger charge is 2.24. The van der Waals surface area contributed by atoms with Crippen LogP contribution in [0.25, 0.3) is 10.2 Å². The van der Waals surface area contributed by atoms with Crippen molar-refractivity contribution >= 4 is 49.1 Å². The van der Waals surface area contributed by atoms with Crippen LogP contribution >= 0.6 is 11.3 Å². The number of rotatable bonds is 10. The minimum atomic E-state index is -3.78. The third kappa shape index (κ3) is 6.41. The van der Waals surface area contributed by atoms with Gasteiger partial charge in [-0.15, -0.1) is 0 Å². The molecule has 2 aromatic carbocycles. The van der Waals surface area contributed by atoms with E-state index < -0.39 is 15.9 Å². The Hall–Kier alpha value is -2.90. The molecule has 3 rings (SSSR count). The van der Waals surface area contributed by atoms with Crippen LogP contribution in [-0.2, 0) is 31.3 Å². The molecule has 12 heteroatoms. The Morgan fingerprint density at radius 2 is 1.69 bits per heavy atom. The van der Waals surface area contributed by atoms with E-state index in [0.717, 1.165) is 10.2 Å². The van der Waals surface area contributed by atoms with Crippen LogP contribution in [0.2, 0.25) is 0 Å². The average molecular weight is 521 g/mol. The van der Waals surface area contributed by atoms with Crippen LogP contribution in [0.3, 0.4) is 0 Å². The lowest BCUT2D eigenvalue weighted by Crippen LogP contribution is -2.36. The summed E-state index contributed by atoms with van der Waals surface area (Å²) in [4.78, 5) is 28.9. The van der Waals surface area contributed by atoms with E-state index >= 15 is 0 Å². The summed E-state index contributed by atoms with van der Waals surface area (Å²) in [6, 6.07) is 11.1. The molecule has 0 saturated carbocycles. The predicted octanol–water partition coefficient (Wildman–Crippen LogP) is 2.22. The minimum Gasteiger partial charge on any atom is -0.383 e. The zero-order chi connectivity index (χ0) is 25.6. The van der Waals surface area contributed by atoms with Crippen molar-refractivity contribution in [3.05, 3.63) is 52.8 Å². The topological polar surface area (TPSA) is 119 Å². The van der Waals surface area contributed by atoms with Gasteiger partial charge in [-0.05, 0) is 42.5 Å². The Morgan fingerprint density at radius 3 is 2.26 bits per heavy atom. The number of hydrogen-bond acceptors (Lipinski definition) is 7. The molecule has 0 atom stereocenters. The highest BCUT2D eigenvalue weighted by atomic mass is 32.2. The first-order chi connectivity index (χ1) is 16.7. The molecule has 0 fully saturated rings. The van der Waals surface area contributed by atoms with Crippen molar-refractivity contribution < 1.29 is 27.5 Å². The average Bonchev–Trinajstić information content (AvgIpc) is 3.13. The number of nitrogens with one attached hydrogen (secondary N) is 1. The van der Waals surface area contributed by atoms with Crippen molar-refractivity contribution in [3.8, 4) is 0 Å². The summed E-state index contributed by atoms with van der Waals surface area (Å²) in [5.74, 6) is -0.662. The van der Waals surface area contributed by atoms with Gasteiger partial charge in [-0.2, -0.15) is 9.30 Å². The van der Waals surface area contributed by atoms with E-state index in [1.54, 1.807) is 17.7 Å². The lowest BCUT2D eigenvalue weighted by molar-refractivity contribution is -0.114. The number of anilines is 1. The van der Waals surface area contributed by atoms with Crippen LogP contribution < -0.4 is 10.1 Å². The van der Waals surface area contributed by atoms with Crippen LogP contribution in [0.4, 0.5) is 5.69 Å². The van der Waals surface area contributed by atoms with Gasteiger partial charge < -0.3 is 19.4 Å². The molecule has 0 saturated heterocycles. The van der Waals surface area contributed by atoms with Crippen molar-refractivity contribution in [2.75, 3.05) is 45.8 Å². The van der Waals surface area contributed by atoms with Crippen LogP contribution in [-0.4, -0.2) is 69.6 Å². The van der Waals surface area contributed by atoms with E-state index in [0.29, 0.717) is 10.5 Å². The maximum atomic E-state index is 13.0. The number of benzene rings is 2. The van der Waals surface area contributed by atoms with Crippen LogP contribution in [0.1, 0.15) is 17.3 Å². The number of aryl methyl sites for hydroxylation is 1. The second kappa shape index (κ2) is 11.7. The molecular weight excluding hydrogens is 492 g/mol. The van der Waals surface area contributed by atoms with Crippen LogP contribution in [0, 0.1) is 0 Å². The maximum Gasteiger partial charge on any atom is 0.279 e. The highest BCUT2D eigenvalue weighted by Crippen LogP contribution is 2.22. The number of ether oxygens (including phenoxy) is 2. The smallest absolute Gasteiger partial charge is 0.279 e. The molecule has 0 unspecified atom stereocenters. The fraction of sp³-hybridized carbons (Fsp3) is 0.348. The molecule has 0 aliphatic carbocycles. The number of amides is 2. The van der Waals surface area contributed by atoms with E-state index in [2.05, 4.69) is 10.3 Å². The number of methoxy groups -OCH3 is 2. The summed E-state index contributed by atoms with van der Waals surface area (Å²) in [6.07, 6.45) is 0. The fourth-order valence-corrected chi connectivity index (χ4v) is 5.79. The summed E-state index contributed by atoms with van der Waals surface area (Å²) in [6.45, 7) is 2.30. The normalized spacial score (nSPS) is 12.4. The van der Waals surface area contributed by atoms with Crippen molar-refractivity contribution in [3.63, 3.8) is 0 Å². The van der Waals surface area contributed by atoms with E-state index in [-0.39, 0.29) is 42.7 Å². The summed E-state index contributed by atoms with van der Waals surface area (Å²) in [5, 5.41) is 2.73. The number of carbonyl (C=O) groups is 2. The van der Waals surface area contributed by atoms with E-state index in [9.17, 15) is 18.0 Å². The zero-order valence-corrected chi connectivity index (χ0v) is 21.6. The number of carbonyl (C=O) groups excluding carboxylic acids is 2. The second-order valence-electron chi connectivity index (χ2n) is 7.64. The third-order valence-corrected chi connectivity index (χ3v) is 8.16. The van der Waals surface area contributed by atoms with Gasteiger partial charge in [0.1, 0.15) is 0 Å². The highest BCUT2D eigenvalue weighted by molar-refractivity contribution is 7.89. The van der Waals surface area contributed by atoms with Crippen molar-refractivity contribution in [1.29, 1.82) is 0 Å². The van der Waals surface area contributed by atoms with Gasteiger partial charge in [0.05, 0.1) is 28.3 Å². The number of fused-ring (bicyclic) bond motifs is 1. The lowest BCUT2D eigenvalue weighted by Gasteiger charge is -2.21. The molecule has 1 heterocycles. The quantitative estimate of drug-likeness (QED) is 0.438. The molecule has 3 aromatic rings. The first-order valence-corrected chi connectivity index (χ1v) is 13.0. The van der Waals surface area contributed by atoms with Gasteiger partial charge >= 0.3 is 0 Å². The van der Waals surface area contributed by atoms with Crippen molar-refractivity contribution in [2.45, 2.75) is 11.8 Å². The molecule has 0 spiro atoms. The molecule has 0 aliphatic rings. The molecule has 10 nitrogen and oxygen atoms in total. The first kappa shape index (κ1) is 26.7. The molecule has 2 amide bonds. The molecular formula is C23H28N4O6S2. The van der Waals surface area contributed by atoms with Gasteiger partial charge in [0.15, 0.2) is 4.80 Å². The molecule has 35 heavy (non-hydrogen) atoms. The van der Waals surface area contributed by atoms with Gasteiger partial charge in [0.2, 0.25) is 15.9 Å². The summed E-state index contributed by atoms with van der Waals surface area (Å²) >= 11 is 1.31. The van der Waals surface area contributed by atoms with Gasteiger partial charge in [-0.1, -0.05) is 11.3 Å². The SMILES string of the molecule is COCCN(CCOC)S(=O)(=O)c1ccc(C(=O)N=c2sc3cc(NC(C)=O)ccc3n2C)cc1. The van der Waals surface area contributed by atoms with E-state index in [1.165, 1.54) is 61.1 Å². The van der Waals surface area contributed by atoms with Gasteiger partial charge in [-0.3, -0.25) is 9.59 Å². The Labute approximate surface area is 207 Å². The summed E-state index contributed by atoms with van der Waals surface area (Å²) < 4.78 is 40.0. The molecule has 188 valence electrons. The van der Waals surface area contributed by atoms with E-state index in [1.807, 2.05) is 12.1 Å². The minimum absolute atomic E-state index is 0.0687. The Kier molecular flexibility index (Phi) is 8.92. The maximum absolute atomic E-state index is 13.0.